The van der Waals surface area contributed by atoms with Gasteiger partial charge >= 0.3 is 0 Å². The van der Waals surface area contributed by atoms with Crippen molar-refractivity contribution < 1.29 is 4.74 Å². The van der Waals surface area contributed by atoms with Gasteiger partial charge in [-0.3, -0.25) is 0 Å². The second-order valence-corrected chi connectivity index (χ2v) is 7.88. The van der Waals surface area contributed by atoms with Crippen LogP contribution in [0.4, 0.5) is 0 Å². The molecule has 0 atom stereocenters. The van der Waals surface area contributed by atoms with E-state index in [4.69, 9.17) is 4.74 Å². The molecule has 0 spiro atoms. The minimum Gasteiger partial charge on any atom is -0.492 e. The molecule has 0 amide bonds. The van der Waals surface area contributed by atoms with E-state index in [-0.39, 0.29) is 24.0 Å². The van der Waals surface area contributed by atoms with Gasteiger partial charge in [-0.1, -0.05) is 12.1 Å². The van der Waals surface area contributed by atoms with Crippen molar-refractivity contribution in [2.24, 2.45) is 4.99 Å². The summed E-state index contributed by atoms with van der Waals surface area (Å²) >= 11 is 1.72. The van der Waals surface area contributed by atoms with Gasteiger partial charge < -0.3 is 20.3 Å². The SMILES string of the molecule is CCNC(=NCc1cccc(OCCN(C)C)c1)NCc1nc(C)c(C)s1.I. The molecule has 0 fully saturated rings. The van der Waals surface area contributed by atoms with E-state index in [1.54, 1.807) is 11.3 Å². The first-order valence-corrected chi connectivity index (χ1v) is 10.1. The molecule has 0 aliphatic rings. The minimum absolute atomic E-state index is 0. The normalized spacial score (nSPS) is 11.3. The van der Waals surface area contributed by atoms with Gasteiger partial charge in [0.15, 0.2) is 5.96 Å². The number of aromatic nitrogens is 1. The molecule has 0 radical (unpaired) electrons. The standard InChI is InChI=1S/C20H31N5OS.HI/c1-6-21-20(23-14-19-24-15(2)16(3)27-19)22-13-17-8-7-9-18(12-17)26-11-10-25(4)5;/h7-9,12H,6,10-11,13-14H2,1-5H3,(H2,21,22,23);1H. The molecule has 8 heteroatoms. The highest BCUT2D eigenvalue weighted by Crippen LogP contribution is 2.16. The van der Waals surface area contributed by atoms with E-state index < -0.39 is 0 Å². The van der Waals surface area contributed by atoms with Crippen molar-refractivity contribution in [2.45, 2.75) is 33.9 Å². The van der Waals surface area contributed by atoms with E-state index in [0.29, 0.717) is 19.7 Å². The molecule has 156 valence electrons. The molecule has 1 heterocycles. The zero-order chi connectivity index (χ0) is 19.6. The molecule has 28 heavy (non-hydrogen) atoms. The average Bonchev–Trinajstić information content (AvgIpc) is 2.95. The summed E-state index contributed by atoms with van der Waals surface area (Å²) in [4.78, 5) is 12.6. The molecule has 2 aromatic rings. The van der Waals surface area contributed by atoms with E-state index >= 15 is 0 Å². The number of ether oxygens (including phenoxy) is 1. The summed E-state index contributed by atoms with van der Waals surface area (Å²) in [6.07, 6.45) is 0. The summed E-state index contributed by atoms with van der Waals surface area (Å²) in [5.41, 5.74) is 2.22. The monoisotopic (exact) mass is 517 g/mol. The fourth-order valence-corrected chi connectivity index (χ4v) is 3.24. The lowest BCUT2D eigenvalue weighted by Crippen LogP contribution is -2.36. The number of halogens is 1. The van der Waals surface area contributed by atoms with E-state index in [1.807, 2.05) is 33.2 Å². The first kappa shape index (κ1) is 24.6. The summed E-state index contributed by atoms with van der Waals surface area (Å²) in [6, 6.07) is 8.12. The molecule has 2 N–H and O–H groups in total. The zero-order valence-electron chi connectivity index (χ0n) is 17.4. The number of hydrogen-bond donors (Lipinski definition) is 2. The predicted molar refractivity (Wildman–Crippen MR) is 129 cm³/mol. The highest BCUT2D eigenvalue weighted by atomic mass is 127. The van der Waals surface area contributed by atoms with Crippen LogP contribution in [0.1, 0.15) is 28.1 Å². The molecule has 0 saturated heterocycles. The number of rotatable bonds is 9. The Labute approximate surface area is 189 Å². The Bertz CT molecular complexity index is 728. The van der Waals surface area contributed by atoms with Crippen LogP contribution >= 0.6 is 35.3 Å². The lowest BCUT2D eigenvalue weighted by molar-refractivity contribution is 0.261. The Balaban J connectivity index is 0.00000392. The second-order valence-electron chi connectivity index (χ2n) is 6.60. The first-order chi connectivity index (χ1) is 13.0. The third kappa shape index (κ3) is 8.74. The van der Waals surface area contributed by atoms with E-state index in [1.165, 1.54) is 4.88 Å². The Morgan fingerprint density at radius 3 is 2.68 bits per heavy atom. The van der Waals surface area contributed by atoms with Crippen molar-refractivity contribution in [1.82, 2.24) is 20.5 Å². The molecular weight excluding hydrogens is 485 g/mol. The smallest absolute Gasteiger partial charge is 0.191 e. The molecule has 0 unspecified atom stereocenters. The van der Waals surface area contributed by atoms with Crippen molar-refractivity contribution in [1.29, 1.82) is 0 Å². The molecule has 2 rings (SSSR count). The predicted octanol–water partition coefficient (Wildman–Crippen LogP) is 3.57. The number of nitrogens with one attached hydrogen (secondary N) is 2. The third-order valence-electron chi connectivity index (χ3n) is 3.95. The molecule has 0 aliphatic heterocycles. The van der Waals surface area contributed by atoms with Gasteiger partial charge in [-0.05, 0) is 52.6 Å². The number of hydrogen-bond acceptors (Lipinski definition) is 5. The van der Waals surface area contributed by atoms with Crippen LogP contribution in [0.2, 0.25) is 0 Å². The summed E-state index contributed by atoms with van der Waals surface area (Å²) in [5, 5.41) is 7.72. The van der Waals surface area contributed by atoms with Crippen LogP contribution in [-0.4, -0.2) is 49.6 Å². The fraction of sp³-hybridized carbons (Fsp3) is 0.500. The maximum atomic E-state index is 5.80. The molecular formula is C20H32IN5OS. The molecule has 1 aromatic heterocycles. The van der Waals surface area contributed by atoms with Crippen molar-refractivity contribution >= 4 is 41.3 Å². The lowest BCUT2D eigenvalue weighted by Gasteiger charge is -2.12. The van der Waals surface area contributed by atoms with Crippen LogP contribution in [-0.2, 0) is 13.1 Å². The van der Waals surface area contributed by atoms with E-state index in [9.17, 15) is 0 Å². The largest absolute Gasteiger partial charge is 0.492 e. The summed E-state index contributed by atoms with van der Waals surface area (Å²) in [7, 11) is 4.08. The second kappa shape index (κ2) is 12.9. The maximum absolute atomic E-state index is 5.80. The molecule has 0 saturated carbocycles. The van der Waals surface area contributed by atoms with Crippen molar-refractivity contribution in [3.05, 3.63) is 45.4 Å². The van der Waals surface area contributed by atoms with Crippen LogP contribution in [0.15, 0.2) is 29.3 Å². The fourth-order valence-electron chi connectivity index (χ4n) is 2.37. The molecule has 6 nitrogen and oxygen atoms in total. The molecule has 0 aliphatic carbocycles. The van der Waals surface area contributed by atoms with Gasteiger partial charge in [-0.25, -0.2) is 9.98 Å². The highest BCUT2D eigenvalue weighted by molar-refractivity contribution is 14.0. The van der Waals surface area contributed by atoms with Crippen molar-refractivity contribution in [3.8, 4) is 5.75 Å². The lowest BCUT2D eigenvalue weighted by atomic mass is 10.2. The van der Waals surface area contributed by atoms with Crippen LogP contribution in [0.25, 0.3) is 0 Å². The summed E-state index contributed by atoms with van der Waals surface area (Å²) in [6.45, 7) is 9.87. The molecule has 0 bridgehead atoms. The van der Waals surface area contributed by atoms with Crippen LogP contribution < -0.4 is 15.4 Å². The van der Waals surface area contributed by atoms with E-state index in [2.05, 4.69) is 51.5 Å². The van der Waals surface area contributed by atoms with Gasteiger partial charge in [-0.15, -0.1) is 35.3 Å². The van der Waals surface area contributed by atoms with Gasteiger partial charge in [-0.2, -0.15) is 0 Å². The van der Waals surface area contributed by atoms with Crippen LogP contribution in [0, 0.1) is 13.8 Å². The summed E-state index contributed by atoms with van der Waals surface area (Å²) in [5.74, 6) is 1.68. The Morgan fingerprint density at radius 2 is 2.04 bits per heavy atom. The van der Waals surface area contributed by atoms with Crippen molar-refractivity contribution in [3.63, 3.8) is 0 Å². The van der Waals surface area contributed by atoms with Crippen LogP contribution in [0.5, 0.6) is 5.75 Å². The van der Waals surface area contributed by atoms with E-state index in [0.717, 1.165) is 41.1 Å². The Hall–Kier alpha value is -1.39. The quantitative estimate of drug-likeness (QED) is 0.303. The van der Waals surface area contributed by atoms with Gasteiger partial charge in [0, 0.05) is 18.0 Å². The van der Waals surface area contributed by atoms with Gasteiger partial charge in [0.25, 0.3) is 0 Å². The topological polar surface area (TPSA) is 61.8 Å². The van der Waals surface area contributed by atoms with Crippen LogP contribution in [0.3, 0.4) is 0 Å². The number of aliphatic imine (C=N–C) groups is 1. The van der Waals surface area contributed by atoms with Crippen molar-refractivity contribution in [2.75, 3.05) is 33.8 Å². The Kier molecular flexibility index (Phi) is 11.4. The maximum Gasteiger partial charge on any atom is 0.191 e. The first-order valence-electron chi connectivity index (χ1n) is 9.29. The Morgan fingerprint density at radius 1 is 1.25 bits per heavy atom. The number of thiazole rings is 1. The number of guanidine groups is 1. The average molecular weight is 517 g/mol. The van der Waals surface area contributed by atoms with Gasteiger partial charge in [0.05, 0.1) is 18.8 Å². The number of aryl methyl sites for hydroxylation is 2. The third-order valence-corrected chi connectivity index (χ3v) is 5.02. The molecule has 1 aromatic carbocycles. The number of benzene rings is 1. The van der Waals surface area contributed by atoms with Gasteiger partial charge in [0.1, 0.15) is 17.4 Å². The number of nitrogens with zero attached hydrogens (tertiary/aromatic N) is 3. The zero-order valence-corrected chi connectivity index (χ0v) is 20.6. The van der Waals surface area contributed by atoms with Gasteiger partial charge in [0.2, 0.25) is 0 Å². The number of likely N-dealkylation sites (N-methyl/N-ethyl adjacent to an activating group) is 1. The minimum atomic E-state index is 0. The highest BCUT2D eigenvalue weighted by Gasteiger charge is 2.05. The summed E-state index contributed by atoms with van der Waals surface area (Å²) < 4.78 is 5.80.